The van der Waals surface area contributed by atoms with Crippen LogP contribution in [0.1, 0.15) is 12.5 Å². The normalized spacial score (nSPS) is 16.9. The van der Waals surface area contributed by atoms with E-state index < -0.39 is 0 Å². The lowest BCUT2D eigenvalue weighted by Crippen LogP contribution is -2.41. The third-order valence-electron chi connectivity index (χ3n) is 4.85. The SMILES string of the molecule is CC1CN(c2ccc(CNc3ccc([N+](=O)[O-])c4cnccc34)cn2)CCO1. The molecule has 0 amide bonds. The Bertz CT molecular complexity index is 993. The number of nitrogens with one attached hydrogen (secondary N) is 1. The summed E-state index contributed by atoms with van der Waals surface area (Å²) in [5, 5.41) is 15.9. The highest BCUT2D eigenvalue weighted by Crippen LogP contribution is 2.31. The van der Waals surface area contributed by atoms with Crippen LogP contribution in [-0.2, 0) is 11.3 Å². The quantitative estimate of drug-likeness (QED) is 0.536. The molecule has 2 aromatic heterocycles. The maximum absolute atomic E-state index is 11.2. The molecule has 3 aromatic rings. The molecular weight excluding hydrogens is 358 g/mol. The lowest BCUT2D eigenvalue weighted by atomic mass is 10.1. The second-order valence-corrected chi connectivity index (χ2v) is 6.82. The van der Waals surface area contributed by atoms with Gasteiger partial charge in [0.1, 0.15) is 5.82 Å². The Kier molecular flexibility index (Phi) is 5.03. The van der Waals surface area contributed by atoms with Crippen LogP contribution in [0.15, 0.2) is 48.9 Å². The Hall–Kier alpha value is -3.26. The molecule has 8 nitrogen and oxygen atoms in total. The first-order valence-corrected chi connectivity index (χ1v) is 9.18. The molecule has 0 aliphatic carbocycles. The highest BCUT2D eigenvalue weighted by Gasteiger charge is 2.18. The van der Waals surface area contributed by atoms with Crippen molar-refractivity contribution >= 4 is 28.0 Å². The average Bonchev–Trinajstić information content (AvgIpc) is 2.72. The van der Waals surface area contributed by atoms with Crippen molar-refractivity contribution in [3.8, 4) is 0 Å². The van der Waals surface area contributed by atoms with Gasteiger partial charge < -0.3 is 15.0 Å². The van der Waals surface area contributed by atoms with E-state index in [2.05, 4.69) is 27.1 Å². The number of ether oxygens (including phenoxy) is 1. The maximum Gasteiger partial charge on any atom is 0.278 e. The Morgan fingerprint density at radius 1 is 1.25 bits per heavy atom. The van der Waals surface area contributed by atoms with Crippen molar-refractivity contribution in [3.63, 3.8) is 0 Å². The first-order valence-electron chi connectivity index (χ1n) is 9.18. The van der Waals surface area contributed by atoms with Gasteiger partial charge in [0.15, 0.2) is 0 Å². The summed E-state index contributed by atoms with van der Waals surface area (Å²) < 4.78 is 5.57. The number of non-ortho nitro benzene ring substituents is 1. The van der Waals surface area contributed by atoms with Gasteiger partial charge in [0.25, 0.3) is 5.69 Å². The van der Waals surface area contributed by atoms with Gasteiger partial charge in [-0.15, -0.1) is 0 Å². The second-order valence-electron chi connectivity index (χ2n) is 6.82. The topological polar surface area (TPSA) is 93.4 Å². The summed E-state index contributed by atoms with van der Waals surface area (Å²) in [6.45, 7) is 5.04. The number of hydrogen-bond acceptors (Lipinski definition) is 7. The lowest BCUT2D eigenvalue weighted by molar-refractivity contribution is -0.383. The third-order valence-corrected chi connectivity index (χ3v) is 4.85. The number of nitrogens with zero attached hydrogens (tertiary/aromatic N) is 4. The van der Waals surface area contributed by atoms with Crippen LogP contribution >= 0.6 is 0 Å². The molecule has 3 heterocycles. The molecule has 144 valence electrons. The largest absolute Gasteiger partial charge is 0.380 e. The Balaban J connectivity index is 1.49. The van der Waals surface area contributed by atoms with E-state index >= 15 is 0 Å². The van der Waals surface area contributed by atoms with Crippen molar-refractivity contribution in [1.82, 2.24) is 9.97 Å². The summed E-state index contributed by atoms with van der Waals surface area (Å²) >= 11 is 0. The van der Waals surface area contributed by atoms with Crippen LogP contribution in [0.4, 0.5) is 17.2 Å². The molecule has 1 aliphatic rings. The molecule has 8 heteroatoms. The van der Waals surface area contributed by atoms with Gasteiger partial charge in [0.2, 0.25) is 0 Å². The summed E-state index contributed by atoms with van der Waals surface area (Å²) in [6, 6.07) is 9.09. The van der Waals surface area contributed by atoms with Crippen molar-refractivity contribution in [3.05, 3.63) is 64.6 Å². The maximum atomic E-state index is 11.2. The number of nitro groups is 1. The molecule has 1 saturated heterocycles. The highest BCUT2D eigenvalue weighted by atomic mass is 16.6. The summed E-state index contributed by atoms with van der Waals surface area (Å²) in [7, 11) is 0. The highest BCUT2D eigenvalue weighted by molar-refractivity contribution is 5.99. The number of rotatable bonds is 5. The van der Waals surface area contributed by atoms with Crippen molar-refractivity contribution in [2.24, 2.45) is 0 Å². The van der Waals surface area contributed by atoms with E-state index in [0.717, 1.165) is 35.5 Å². The number of fused-ring (bicyclic) bond motifs is 1. The number of benzene rings is 1. The Morgan fingerprint density at radius 2 is 2.14 bits per heavy atom. The number of hydrogen-bond donors (Lipinski definition) is 1. The molecule has 0 radical (unpaired) electrons. The van der Waals surface area contributed by atoms with Gasteiger partial charge in [0.05, 0.1) is 23.0 Å². The molecule has 1 fully saturated rings. The van der Waals surface area contributed by atoms with Crippen molar-refractivity contribution in [2.45, 2.75) is 19.6 Å². The van der Waals surface area contributed by atoms with Gasteiger partial charge in [-0.25, -0.2) is 4.98 Å². The molecule has 0 bridgehead atoms. The van der Waals surface area contributed by atoms with E-state index in [1.54, 1.807) is 18.3 Å². The summed E-state index contributed by atoms with van der Waals surface area (Å²) in [6.07, 6.45) is 5.23. The molecule has 4 rings (SSSR count). The van der Waals surface area contributed by atoms with Gasteiger partial charge in [-0.05, 0) is 30.7 Å². The van der Waals surface area contributed by atoms with Crippen LogP contribution in [0.3, 0.4) is 0 Å². The van der Waals surface area contributed by atoms with Crippen molar-refractivity contribution in [2.75, 3.05) is 29.9 Å². The lowest BCUT2D eigenvalue weighted by Gasteiger charge is -2.32. The first kappa shape index (κ1) is 18.1. The third kappa shape index (κ3) is 3.72. The minimum Gasteiger partial charge on any atom is -0.380 e. The van der Waals surface area contributed by atoms with E-state index in [-0.39, 0.29) is 16.7 Å². The zero-order chi connectivity index (χ0) is 19.5. The Morgan fingerprint density at radius 3 is 2.89 bits per heavy atom. The zero-order valence-electron chi connectivity index (χ0n) is 15.5. The number of nitro benzene ring substituents is 1. The van der Waals surface area contributed by atoms with E-state index in [9.17, 15) is 10.1 Å². The van der Waals surface area contributed by atoms with Gasteiger partial charge in [-0.2, -0.15) is 0 Å². The van der Waals surface area contributed by atoms with E-state index in [4.69, 9.17) is 4.74 Å². The number of morpholine rings is 1. The predicted molar refractivity (Wildman–Crippen MR) is 108 cm³/mol. The number of aromatic nitrogens is 2. The molecule has 0 saturated carbocycles. The smallest absolute Gasteiger partial charge is 0.278 e. The molecule has 1 N–H and O–H groups in total. The zero-order valence-corrected chi connectivity index (χ0v) is 15.5. The molecule has 0 spiro atoms. The monoisotopic (exact) mass is 379 g/mol. The first-order chi connectivity index (χ1) is 13.6. The summed E-state index contributed by atoms with van der Waals surface area (Å²) in [5.74, 6) is 0.950. The van der Waals surface area contributed by atoms with Crippen LogP contribution in [0.5, 0.6) is 0 Å². The summed E-state index contributed by atoms with van der Waals surface area (Å²) in [5.41, 5.74) is 1.92. The van der Waals surface area contributed by atoms with Gasteiger partial charge in [-0.3, -0.25) is 15.1 Å². The van der Waals surface area contributed by atoms with Crippen molar-refractivity contribution in [1.29, 1.82) is 0 Å². The molecule has 28 heavy (non-hydrogen) atoms. The molecular formula is C20H21N5O3. The van der Waals surface area contributed by atoms with E-state index in [1.807, 2.05) is 18.3 Å². The molecule has 1 aromatic carbocycles. The fourth-order valence-electron chi connectivity index (χ4n) is 3.42. The molecule has 1 atom stereocenters. The molecule has 1 unspecified atom stereocenters. The minimum absolute atomic E-state index is 0.0550. The minimum atomic E-state index is -0.386. The fourth-order valence-corrected chi connectivity index (χ4v) is 3.42. The van der Waals surface area contributed by atoms with Gasteiger partial charge in [-0.1, -0.05) is 6.07 Å². The van der Waals surface area contributed by atoms with Gasteiger partial charge in [0, 0.05) is 55.4 Å². The van der Waals surface area contributed by atoms with Gasteiger partial charge >= 0.3 is 0 Å². The Labute approximate surface area is 162 Å². The number of pyridine rings is 2. The predicted octanol–water partition coefficient (Wildman–Crippen LogP) is 3.38. The standard InChI is InChI=1S/C20H21N5O3/c1-14-13-24(8-9-28-14)20-5-2-15(11-23-20)10-22-18-3-4-19(25(26)27)17-12-21-7-6-16(17)18/h2-7,11-12,14,22H,8-10,13H2,1H3. The van der Waals surface area contributed by atoms with Crippen molar-refractivity contribution < 1.29 is 9.66 Å². The van der Waals surface area contributed by atoms with Crippen LogP contribution in [-0.4, -0.2) is 40.7 Å². The number of anilines is 2. The van der Waals surface area contributed by atoms with E-state index in [0.29, 0.717) is 18.5 Å². The second kappa shape index (κ2) is 7.77. The van der Waals surface area contributed by atoms with Crippen LogP contribution < -0.4 is 10.2 Å². The molecule has 1 aliphatic heterocycles. The summed E-state index contributed by atoms with van der Waals surface area (Å²) in [4.78, 5) is 21.7. The van der Waals surface area contributed by atoms with Crippen LogP contribution in [0, 0.1) is 10.1 Å². The average molecular weight is 379 g/mol. The van der Waals surface area contributed by atoms with Crippen LogP contribution in [0.25, 0.3) is 10.8 Å². The fraction of sp³-hybridized carbons (Fsp3) is 0.300. The van der Waals surface area contributed by atoms with Crippen LogP contribution in [0.2, 0.25) is 0 Å². The van der Waals surface area contributed by atoms with E-state index in [1.165, 1.54) is 12.3 Å².